The van der Waals surface area contributed by atoms with E-state index in [9.17, 15) is 4.79 Å². The number of amides is 1. The van der Waals surface area contributed by atoms with Crippen molar-refractivity contribution >= 4 is 22.9 Å². The first-order valence-electron chi connectivity index (χ1n) is 8.01. The van der Waals surface area contributed by atoms with Crippen LogP contribution in [0.4, 0.5) is 5.69 Å². The number of nitrogens with one attached hydrogen (secondary N) is 1. The Hall–Kier alpha value is -2.43. The highest BCUT2D eigenvalue weighted by Crippen LogP contribution is 2.22. The number of carbonyl (C=O) groups excluding carboxylic acids is 1. The Morgan fingerprint density at radius 2 is 1.79 bits per heavy atom. The van der Waals surface area contributed by atoms with Gasteiger partial charge < -0.3 is 10.6 Å². The van der Waals surface area contributed by atoms with E-state index >= 15 is 0 Å². The number of thiophene rings is 1. The third-order valence-electron chi connectivity index (χ3n) is 3.97. The standard InChI is InChI=1S/C20H20N2OS/c1-15-8-5-6-11-17(15)22-19(23)14-21-20(18-12-7-13-24-18)16-9-3-2-4-10-16/h2-13,20-21H,14H2,1H3,(H,22,23)/p+1/t20-/m0/s1. The number of rotatable bonds is 6. The zero-order chi connectivity index (χ0) is 16.8. The van der Waals surface area contributed by atoms with Crippen LogP contribution >= 0.6 is 11.3 Å². The number of hydrogen-bond donors (Lipinski definition) is 2. The van der Waals surface area contributed by atoms with Gasteiger partial charge in [0.25, 0.3) is 5.91 Å². The maximum Gasteiger partial charge on any atom is 0.279 e. The minimum absolute atomic E-state index is 0.0155. The smallest absolute Gasteiger partial charge is 0.279 e. The SMILES string of the molecule is Cc1ccccc1NC(=O)C[NH2+][C@@H](c1ccccc1)c1cccs1. The lowest BCUT2D eigenvalue weighted by Gasteiger charge is -2.15. The Balaban J connectivity index is 1.68. The van der Waals surface area contributed by atoms with Gasteiger partial charge in [-0.2, -0.15) is 0 Å². The van der Waals surface area contributed by atoms with Crippen LogP contribution in [0.15, 0.2) is 72.1 Å². The van der Waals surface area contributed by atoms with Crippen molar-refractivity contribution in [2.24, 2.45) is 0 Å². The maximum absolute atomic E-state index is 12.3. The topological polar surface area (TPSA) is 45.7 Å². The van der Waals surface area contributed by atoms with Gasteiger partial charge in [0.2, 0.25) is 0 Å². The number of nitrogens with two attached hydrogens (primary N) is 1. The van der Waals surface area contributed by atoms with Gasteiger partial charge in [-0.3, -0.25) is 4.79 Å². The predicted molar refractivity (Wildman–Crippen MR) is 99.2 cm³/mol. The Morgan fingerprint density at radius 1 is 1.04 bits per heavy atom. The van der Waals surface area contributed by atoms with Gasteiger partial charge in [-0.1, -0.05) is 54.6 Å². The molecule has 0 saturated heterocycles. The molecule has 3 aromatic rings. The number of aryl methyl sites for hydroxylation is 1. The van der Waals surface area contributed by atoms with Gasteiger partial charge in [0.15, 0.2) is 6.54 Å². The van der Waals surface area contributed by atoms with Crippen LogP contribution in [0, 0.1) is 6.92 Å². The van der Waals surface area contributed by atoms with Crippen molar-refractivity contribution in [3.8, 4) is 0 Å². The molecule has 0 spiro atoms. The van der Waals surface area contributed by atoms with Crippen LogP contribution in [0.2, 0.25) is 0 Å². The zero-order valence-corrected chi connectivity index (χ0v) is 14.4. The first kappa shape index (κ1) is 16.4. The molecule has 0 saturated carbocycles. The molecule has 3 nitrogen and oxygen atoms in total. The summed E-state index contributed by atoms with van der Waals surface area (Å²) in [5.74, 6) is 0.0155. The normalized spacial score (nSPS) is 11.9. The lowest BCUT2D eigenvalue weighted by atomic mass is 10.1. The van der Waals surface area contributed by atoms with Crippen molar-refractivity contribution < 1.29 is 10.1 Å². The fourth-order valence-corrected chi connectivity index (χ4v) is 3.53. The number of para-hydroxylation sites is 1. The number of quaternary nitrogens is 1. The van der Waals surface area contributed by atoms with Gasteiger partial charge in [0.05, 0.1) is 4.88 Å². The molecule has 4 heteroatoms. The summed E-state index contributed by atoms with van der Waals surface area (Å²) >= 11 is 1.72. The molecule has 0 aliphatic rings. The summed E-state index contributed by atoms with van der Waals surface area (Å²) in [7, 11) is 0. The van der Waals surface area contributed by atoms with Crippen LogP contribution in [0.5, 0.6) is 0 Å². The Morgan fingerprint density at radius 3 is 2.50 bits per heavy atom. The van der Waals surface area contributed by atoms with E-state index in [-0.39, 0.29) is 11.9 Å². The van der Waals surface area contributed by atoms with Crippen LogP contribution < -0.4 is 10.6 Å². The highest BCUT2D eigenvalue weighted by molar-refractivity contribution is 7.10. The van der Waals surface area contributed by atoms with Crippen molar-refractivity contribution in [2.45, 2.75) is 13.0 Å². The van der Waals surface area contributed by atoms with Gasteiger partial charge in [0, 0.05) is 11.3 Å². The van der Waals surface area contributed by atoms with Crippen LogP contribution in [-0.4, -0.2) is 12.5 Å². The quantitative estimate of drug-likeness (QED) is 0.712. The summed E-state index contributed by atoms with van der Waals surface area (Å²) in [6.45, 7) is 2.38. The van der Waals surface area contributed by atoms with Crippen LogP contribution in [0.3, 0.4) is 0 Å². The summed E-state index contributed by atoms with van der Waals surface area (Å²) in [6, 6.07) is 22.5. The molecule has 0 aliphatic heterocycles. The fourth-order valence-electron chi connectivity index (χ4n) is 2.68. The Kier molecular flexibility index (Phi) is 5.41. The van der Waals surface area contributed by atoms with Crippen LogP contribution in [-0.2, 0) is 4.79 Å². The fraction of sp³-hybridized carbons (Fsp3) is 0.150. The van der Waals surface area contributed by atoms with Gasteiger partial charge in [0.1, 0.15) is 6.04 Å². The molecule has 24 heavy (non-hydrogen) atoms. The van der Waals surface area contributed by atoms with Crippen molar-refractivity contribution in [3.05, 3.63) is 88.1 Å². The van der Waals surface area contributed by atoms with Gasteiger partial charge in [-0.05, 0) is 30.0 Å². The second kappa shape index (κ2) is 7.90. The van der Waals surface area contributed by atoms with E-state index in [4.69, 9.17) is 0 Å². The van der Waals surface area contributed by atoms with E-state index in [0.717, 1.165) is 11.3 Å². The highest BCUT2D eigenvalue weighted by atomic mass is 32.1. The third-order valence-corrected chi connectivity index (χ3v) is 4.92. The molecule has 1 heterocycles. The lowest BCUT2D eigenvalue weighted by Crippen LogP contribution is -2.87. The first-order chi connectivity index (χ1) is 11.7. The molecule has 0 bridgehead atoms. The number of carbonyl (C=O) groups is 1. The molecule has 122 valence electrons. The average Bonchev–Trinajstić information content (AvgIpc) is 3.12. The minimum atomic E-state index is 0.0155. The zero-order valence-electron chi connectivity index (χ0n) is 13.6. The molecule has 1 aromatic heterocycles. The highest BCUT2D eigenvalue weighted by Gasteiger charge is 2.19. The maximum atomic E-state index is 12.3. The Bertz CT molecular complexity index is 784. The molecule has 3 rings (SSSR count). The van der Waals surface area contributed by atoms with Gasteiger partial charge >= 0.3 is 0 Å². The van der Waals surface area contributed by atoms with Crippen molar-refractivity contribution in [3.63, 3.8) is 0 Å². The Labute approximate surface area is 146 Å². The molecular weight excluding hydrogens is 316 g/mol. The lowest BCUT2D eigenvalue weighted by molar-refractivity contribution is -0.675. The largest absolute Gasteiger partial charge is 0.328 e. The molecule has 0 unspecified atom stereocenters. The molecule has 1 amide bonds. The summed E-state index contributed by atoms with van der Waals surface area (Å²) in [6.07, 6.45) is 0. The summed E-state index contributed by atoms with van der Waals surface area (Å²) < 4.78 is 0. The second-order valence-corrected chi connectivity index (χ2v) is 6.69. The number of anilines is 1. The van der Waals surface area contributed by atoms with E-state index in [2.05, 4.69) is 40.3 Å². The van der Waals surface area contributed by atoms with Crippen LogP contribution in [0.1, 0.15) is 22.0 Å². The van der Waals surface area contributed by atoms with E-state index in [0.29, 0.717) is 6.54 Å². The monoisotopic (exact) mass is 337 g/mol. The number of benzene rings is 2. The summed E-state index contributed by atoms with van der Waals surface area (Å²) in [5, 5.41) is 7.16. The minimum Gasteiger partial charge on any atom is -0.328 e. The average molecular weight is 337 g/mol. The van der Waals surface area contributed by atoms with Crippen molar-refractivity contribution in [2.75, 3.05) is 11.9 Å². The molecule has 2 aromatic carbocycles. The molecule has 0 aliphatic carbocycles. The van der Waals surface area contributed by atoms with Crippen molar-refractivity contribution in [1.29, 1.82) is 0 Å². The van der Waals surface area contributed by atoms with Crippen LogP contribution in [0.25, 0.3) is 0 Å². The number of hydrogen-bond acceptors (Lipinski definition) is 2. The molecular formula is C20H21N2OS+. The molecule has 0 fully saturated rings. The van der Waals surface area contributed by atoms with E-state index < -0.39 is 0 Å². The van der Waals surface area contributed by atoms with Gasteiger partial charge in [-0.15, -0.1) is 11.3 Å². The molecule has 3 N–H and O–H groups in total. The molecule has 1 atom stereocenters. The van der Waals surface area contributed by atoms with Gasteiger partial charge in [-0.25, -0.2) is 0 Å². The predicted octanol–water partition coefficient (Wildman–Crippen LogP) is 3.35. The third kappa shape index (κ3) is 4.10. The first-order valence-corrected chi connectivity index (χ1v) is 8.89. The van der Waals surface area contributed by atoms with E-state index in [1.54, 1.807) is 11.3 Å². The van der Waals surface area contributed by atoms with Crippen molar-refractivity contribution in [1.82, 2.24) is 0 Å². The summed E-state index contributed by atoms with van der Waals surface area (Å²) in [4.78, 5) is 13.6. The second-order valence-electron chi connectivity index (χ2n) is 5.71. The molecule has 0 radical (unpaired) electrons. The van der Waals surface area contributed by atoms with E-state index in [1.165, 1.54) is 10.4 Å². The van der Waals surface area contributed by atoms with E-state index in [1.807, 2.05) is 49.4 Å². The summed E-state index contributed by atoms with van der Waals surface area (Å²) in [5.41, 5.74) is 3.16.